The van der Waals surface area contributed by atoms with Gasteiger partial charge in [-0.1, -0.05) is 17.7 Å². The predicted octanol–water partition coefficient (Wildman–Crippen LogP) is 4.02. The molecule has 3 rings (SSSR count). The van der Waals surface area contributed by atoms with E-state index in [1.54, 1.807) is 0 Å². The molecule has 0 bridgehead atoms. The summed E-state index contributed by atoms with van der Waals surface area (Å²) in [6.45, 7) is 1.27. The van der Waals surface area contributed by atoms with Gasteiger partial charge in [0.05, 0.1) is 10.6 Å². The number of carbonyl (C=O) groups excluding carboxylic acids is 2. The van der Waals surface area contributed by atoms with Gasteiger partial charge in [-0.3, -0.25) is 9.59 Å². The molecule has 116 valence electrons. The standard InChI is InChI=1S/C17H10ClFO4/c1-9(20)22-10-5-6-11-15(7-10)23-16(17(11)21)8-12-13(18)3-2-4-14(12)19/h2-8H,1H3/b16-8+. The highest BCUT2D eigenvalue weighted by Gasteiger charge is 2.28. The summed E-state index contributed by atoms with van der Waals surface area (Å²) in [5.74, 6) is -0.983. The lowest BCUT2D eigenvalue weighted by Crippen LogP contribution is -2.01. The molecule has 0 amide bonds. The molecule has 1 heterocycles. The summed E-state index contributed by atoms with van der Waals surface area (Å²) < 4.78 is 24.2. The molecule has 0 aliphatic carbocycles. The van der Waals surface area contributed by atoms with Crippen LogP contribution in [0.4, 0.5) is 4.39 Å². The Labute approximate surface area is 136 Å². The third-order valence-electron chi connectivity index (χ3n) is 3.18. The number of fused-ring (bicyclic) bond motifs is 1. The van der Waals surface area contributed by atoms with Crippen molar-refractivity contribution < 1.29 is 23.5 Å². The van der Waals surface area contributed by atoms with E-state index in [1.807, 2.05) is 0 Å². The first-order chi connectivity index (χ1) is 11.0. The lowest BCUT2D eigenvalue weighted by molar-refractivity contribution is -0.131. The molecular formula is C17H10ClFO4. The zero-order chi connectivity index (χ0) is 16.6. The molecule has 0 saturated carbocycles. The van der Waals surface area contributed by atoms with Crippen LogP contribution in [0.25, 0.3) is 6.08 Å². The van der Waals surface area contributed by atoms with E-state index >= 15 is 0 Å². The van der Waals surface area contributed by atoms with Crippen LogP contribution in [0.2, 0.25) is 5.02 Å². The second kappa shape index (κ2) is 5.85. The summed E-state index contributed by atoms with van der Waals surface area (Å²) in [6.07, 6.45) is 1.26. The fourth-order valence-corrected chi connectivity index (χ4v) is 2.39. The molecule has 0 radical (unpaired) electrons. The van der Waals surface area contributed by atoms with Crippen LogP contribution in [0, 0.1) is 5.82 Å². The van der Waals surface area contributed by atoms with E-state index in [1.165, 1.54) is 49.4 Å². The van der Waals surface area contributed by atoms with Crippen LogP contribution < -0.4 is 9.47 Å². The van der Waals surface area contributed by atoms with Gasteiger partial charge in [-0.2, -0.15) is 0 Å². The third-order valence-corrected chi connectivity index (χ3v) is 3.51. The Hall–Kier alpha value is -2.66. The largest absolute Gasteiger partial charge is 0.452 e. The number of rotatable bonds is 2. The lowest BCUT2D eigenvalue weighted by atomic mass is 10.1. The van der Waals surface area contributed by atoms with Gasteiger partial charge in [0, 0.05) is 18.6 Å². The number of halogens is 2. The van der Waals surface area contributed by atoms with Crippen molar-refractivity contribution in [2.45, 2.75) is 6.92 Å². The fraction of sp³-hybridized carbons (Fsp3) is 0.0588. The summed E-state index contributed by atoms with van der Waals surface area (Å²) in [5.41, 5.74) is 0.380. The van der Waals surface area contributed by atoms with E-state index in [0.29, 0.717) is 5.56 Å². The molecule has 2 aromatic carbocycles. The first-order valence-corrected chi connectivity index (χ1v) is 7.04. The van der Waals surface area contributed by atoms with Crippen molar-refractivity contribution >= 4 is 29.4 Å². The molecule has 0 atom stereocenters. The van der Waals surface area contributed by atoms with Crippen molar-refractivity contribution in [2.24, 2.45) is 0 Å². The Bertz CT molecular complexity index is 837. The normalized spacial score (nSPS) is 14.6. The maximum atomic E-state index is 13.8. The summed E-state index contributed by atoms with van der Waals surface area (Å²) >= 11 is 5.94. The highest BCUT2D eigenvalue weighted by molar-refractivity contribution is 6.32. The van der Waals surface area contributed by atoms with Crippen LogP contribution >= 0.6 is 11.6 Å². The number of ether oxygens (including phenoxy) is 2. The number of benzene rings is 2. The molecule has 0 unspecified atom stereocenters. The molecule has 4 nitrogen and oxygen atoms in total. The average Bonchev–Trinajstić information content (AvgIpc) is 2.78. The van der Waals surface area contributed by atoms with Crippen LogP contribution in [0.1, 0.15) is 22.8 Å². The van der Waals surface area contributed by atoms with Crippen LogP contribution in [-0.4, -0.2) is 11.8 Å². The molecule has 0 aromatic heterocycles. The van der Waals surface area contributed by atoms with Gasteiger partial charge in [0.25, 0.3) is 0 Å². The van der Waals surface area contributed by atoms with Crippen molar-refractivity contribution in [3.8, 4) is 11.5 Å². The van der Waals surface area contributed by atoms with Gasteiger partial charge in [0.15, 0.2) is 5.76 Å². The number of hydrogen-bond acceptors (Lipinski definition) is 4. The number of allylic oxidation sites excluding steroid dienone is 1. The zero-order valence-corrected chi connectivity index (χ0v) is 12.7. The molecule has 6 heteroatoms. The van der Waals surface area contributed by atoms with E-state index in [4.69, 9.17) is 21.1 Å². The van der Waals surface area contributed by atoms with Gasteiger partial charge in [-0.05, 0) is 30.3 Å². The quantitative estimate of drug-likeness (QED) is 0.473. The Morgan fingerprint density at radius 1 is 1.30 bits per heavy atom. The first-order valence-electron chi connectivity index (χ1n) is 6.66. The van der Waals surface area contributed by atoms with E-state index in [0.717, 1.165) is 0 Å². The number of carbonyl (C=O) groups is 2. The topological polar surface area (TPSA) is 52.6 Å². The Morgan fingerprint density at radius 2 is 2.09 bits per heavy atom. The van der Waals surface area contributed by atoms with Crippen LogP contribution in [0.5, 0.6) is 11.5 Å². The number of hydrogen-bond donors (Lipinski definition) is 0. The van der Waals surface area contributed by atoms with E-state index < -0.39 is 17.6 Å². The van der Waals surface area contributed by atoms with Crippen LogP contribution in [-0.2, 0) is 4.79 Å². The van der Waals surface area contributed by atoms with Gasteiger partial charge in [0.1, 0.15) is 17.3 Å². The lowest BCUT2D eigenvalue weighted by Gasteiger charge is -2.03. The fourth-order valence-electron chi connectivity index (χ4n) is 2.18. The maximum absolute atomic E-state index is 13.8. The van der Waals surface area contributed by atoms with Gasteiger partial charge in [-0.25, -0.2) is 4.39 Å². The Kier molecular flexibility index (Phi) is 3.88. The van der Waals surface area contributed by atoms with Crippen molar-refractivity contribution in [2.75, 3.05) is 0 Å². The molecule has 0 fully saturated rings. The number of Topliss-reactive ketones (excluding diaryl/α,β-unsaturated/α-hetero) is 1. The minimum absolute atomic E-state index is 0.0491. The minimum Gasteiger partial charge on any atom is -0.452 e. The van der Waals surface area contributed by atoms with Crippen molar-refractivity contribution in [3.63, 3.8) is 0 Å². The summed E-state index contributed by atoms with van der Waals surface area (Å²) in [7, 11) is 0. The van der Waals surface area contributed by atoms with Gasteiger partial charge in [-0.15, -0.1) is 0 Å². The SMILES string of the molecule is CC(=O)Oc1ccc2c(c1)O/C(=C/c1c(F)cccc1Cl)C2=O. The highest BCUT2D eigenvalue weighted by atomic mass is 35.5. The summed E-state index contributed by atoms with van der Waals surface area (Å²) in [6, 6.07) is 8.63. The monoisotopic (exact) mass is 332 g/mol. The summed E-state index contributed by atoms with van der Waals surface area (Å²) in [5, 5.41) is 0.172. The maximum Gasteiger partial charge on any atom is 0.308 e. The second-order valence-electron chi connectivity index (χ2n) is 4.83. The van der Waals surface area contributed by atoms with E-state index in [9.17, 15) is 14.0 Å². The van der Waals surface area contributed by atoms with Crippen LogP contribution in [0.15, 0.2) is 42.2 Å². The summed E-state index contributed by atoms with van der Waals surface area (Å²) in [4.78, 5) is 23.3. The first kappa shape index (κ1) is 15.2. The molecule has 0 N–H and O–H groups in total. The Balaban J connectivity index is 1.97. The van der Waals surface area contributed by atoms with Gasteiger partial charge >= 0.3 is 5.97 Å². The second-order valence-corrected chi connectivity index (χ2v) is 5.23. The predicted molar refractivity (Wildman–Crippen MR) is 82.1 cm³/mol. The van der Waals surface area contributed by atoms with Crippen molar-refractivity contribution in [1.29, 1.82) is 0 Å². The van der Waals surface area contributed by atoms with E-state index in [-0.39, 0.29) is 27.8 Å². The molecule has 1 aliphatic heterocycles. The number of esters is 1. The van der Waals surface area contributed by atoms with Gasteiger partial charge < -0.3 is 9.47 Å². The highest BCUT2D eigenvalue weighted by Crippen LogP contribution is 2.35. The van der Waals surface area contributed by atoms with Crippen molar-refractivity contribution in [1.82, 2.24) is 0 Å². The zero-order valence-electron chi connectivity index (χ0n) is 11.9. The molecule has 23 heavy (non-hydrogen) atoms. The van der Waals surface area contributed by atoms with Gasteiger partial charge in [0.2, 0.25) is 5.78 Å². The molecular weight excluding hydrogens is 323 g/mol. The smallest absolute Gasteiger partial charge is 0.308 e. The Morgan fingerprint density at radius 3 is 2.78 bits per heavy atom. The van der Waals surface area contributed by atoms with Crippen molar-refractivity contribution in [3.05, 3.63) is 64.1 Å². The average molecular weight is 333 g/mol. The molecule has 2 aromatic rings. The number of ketones is 1. The van der Waals surface area contributed by atoms with E-state index in [2.05, 4.69) is 0 Å². The molecule has 0 saturated heterocycles. The third kappa shape index (κ3) is 2.96. The molecule has 0 spiro atoms. The molecule has 1 aliphatic rings. The minimum atomic E-state index is -0.557. The van der Waals surface area contributed by atoms with Crippen LogP contribution in [0.3, 0.4) is 0 Å².